The van der Waals surface area contributed by atoms with E-state index in [0.29, 0.717) is 24.2 Å². The van der Waals surface area contributed by atoms with Crippen LogP contribution < -0.4 is 4.74 Å². The molecule has 6 rings (SSSR count). The fraction of sp³-hybridized carbons (Fsp3) is 0.750. The number of benzene rings is 1. The zero-order valence-electron chi connectivity index (χ0n) is 18.8. The Bertz CT molecular complexity index is 793. The SMILES string of the molecule is COc1cc(CO)cc(CO[C@H]2O[C@@H]3OC4(C)CCC5[C@H](C)CCC([C@H]2C)[C@]53OO4)c1. The van der Waals surface area contributed by atoms with Crippen LogP contribution in [0, 0.1) is 23.7 Å². The van der Waals surface area contributed by atoms with Gasteiger partial charge in [0.05, 0.1) is 20.3 Å². The fourth-order valence-corrected chi connectivity index (χ4v) is 6.26. The molecule has 7 heteroatoms. The molecule has 1 spiro atoms. The molecule has 0 amide bonds. The predicted octanol–water partition coefficient (Wildman–Crippen LogP) is 3.91. The molecule has 1 N–H and O–H groups in total. The Balaban J connectivity index is 1.39. The van der Waals surface area contributed by atoms with Gasteiger partial charge in [-0.3, -0.25) is 0 Å². The Kier molecular flexibility index (Phi) is 5.56. The molecule has 172 valence electrons. The summed E-state index contributed by atoms with van der Waals surface area (Å²) in [5, 5.41) is 9.54. The van der Waals surface area contributed by atoms with Crippen LogP contribution in [0.25, 0.3) is 0 Å². The zero-order chi connectivity index (χ0) is 21.8. The van der Waals surface area contributed by atoms with Gasteiger partial charge in [-0.15, -0.1) is 0 Å². The van der Waals surface area contributed by atoms with E-state index in [1.165, 1.54) is 0 Å². The average molecular weight is 435 g/mol. The highest BCUT2D eigenvalue weighted by molar-refractivity contribution is 5.34. The first-order chi connectivity index (χ1) is 14.9. The summed E-state index contributed by atoms with van der Waals surface area (Å²) in [7, 11) is 1.62. The molecule has 0 aromatic heterocycles. The molecule has 2 bridgehead atoms. The van der Waals surface area contributed by atoms with Crippen LogP contribution in [0.1, 0.15) is 57.6 Å². The highest BCUT2D eigenvalue weighted by atomic mass is 17.3. The molecular weight excluding hydrogens is 400 g/mol. The van der Waals surface area contributed by atoms with Gasteiger partial charge in [0.15, 0.2) is 18.2 Å². The second kappa shape index (κ2) is 7.97. The van der Waals surface area contributed by atoms with Gasteiger partial charge in [0, 0.05) is 18.3 Å². The van der Waals surface area contributed by atoms with Gasteiger partial charge in [-0.1, -0.05) is 19.9 Å². The van der Waals surface area contributed by atoms with Crippen molar-refractivity contribution in [3.05, 3.63) is 29.3 Å². The monoisotopic (exact) mass is 434 g/mol. The molecule has 5 aliphatic rings. The Morgan fingerprint density at radius 2 is 1.87 bits per heavy atom. The van der Waals surface area contributed by atoms with E-state index >= 15 is 0 Å². The molecule has 5 fully saturated rings. The Morgan fingerprint density at radius 3 is 2.65 bits per heavy atom. The summed E-state index contributed by atoms with van der Waals surface area (Å²) in [6.45, 7) is 6.74. The largest absolute Gasteiger partial charge is 0.497 e. The number of hydrogen-bond acceptors (Lipinski definition) is 7. The summed E-state index contributed by atoms with van der Waals surface area (Å²) in [5.74, 6) is 1.16. The molecule has 4 aliphatic heterocycles. The predicted molar refractivity (Wildman–Crippen MR) is 111 cm³/mol. The lowest BCUT2D eigenvalue weighted by molar-refractivity contribution is -0.577. The average Bonchev–Trinajstić information content (AvgIpc) is 3.00. The zero-order valence-corrected chi connectivity index (χ0v) is 18.8. The lowest BCUT2D eigenvalue weighted by Crippen LogP contribution is -2.70. The van der Waals surface area contributed by atoms with E-state index in [-0.39, 0.29) is 18.4 Å². The van der Waals surface area contributed by atoms with E-state index in [1.54, 1.807) is 7.11 Å². The molecule has 1 aromatic rings. The number of aliphatic hydroxyl groups is 1. The third-order valence-corrected chi connectivity index (χ3v) is 7.96. The quantitative estimate of drug-likeness (QED) is 0.704. The van der Waals surface area contributed by atoms with E-state index in [1.807, 2.05) is 25.1 Å². The molecule has 4 heterocycles. The van der Waals surface area contributed by atoms with E-state index in [2.05, 4.69) is 13.8 Å². The minimum absolute atomic E-state index is 0.0451. The van der Waals surface area contributed by atoms with E-state index in [9.17, 15) is 5.11 Å². The first kappa shape index (κ1) is 21.6. The molecule has 1 saturated carbocycles. The highest BCUT2D eigenvalue weighted by Crippen LogP contribution is 2.60. The Hall–Kier alpha value is -1.22. The van der Waals surface area contributed by atoms with Crippen molar-refractivity contribution in [3.8, 4) is 5.75 Å². The Morgan fingerprint density at radius 1 is 1.06 bits per heavy atom. The number of ether oxygens (including phenoxy) is 4. The first-order valence-corrected chi connectivity index (χ1v) is 11.5. The second-order valence-corrected chi connectivity index (χ2v) is 9.93. The molecule has 4 saturated heterocycles. The maximum absolute atomic E-state index is 9.54. The lowest BCUT2D eigenvalue weighted by Gasteiger charge is -2.60. The van der Waals surface area contributed by atoms with Crippen molar-refractivity contribution in [1.82, 2.24) is 0 Å². The van der Waals surface area contributed by atoms with Crippen molar-refractivity contribution in [2.75, 3.05) is 7.11 Å². The number of rotatable bonds is 5. The molecule has 1 aliphatic carbocycles. The summed E-state index contributed by atoms with van der Waals surface area (Å²) in [6.07, 6.45) is 3.09. The minimum atomic E-state index is -0.786. The van der Waals surface area contributed by atoms with Crippen molar-refractivity contribution in [2.45, 2.75) is 83.6 Å². The number of fused-ring (bicyclic) bond motifs is 2. The maximum atomic E-state index is 9.54. The second-order valence-electron chi connectivity index (χ2n) is 9.93. The van der Waals surface area contributed by atoms with Crippen LogP contribution in [-0.4, -0.2) is 36.2 Å². The van der Waals surface area contributed by atoms with Gasteiger partial charge in [0.25, 0.3) is 0 Å². The van der Waals surface area contributed by atoms with Crippen LogP contribution in [0.15, 0.2) is 18.2 Å². The number of methoxy groups -OCH3 is 1. The van der Waals surface area contributed by atoms with Gasteiger partial charge in [-0.2, -0.15) is 0 Å². The normalized spacial score (nSPS) is 43.9. The summed E-state index contributed by atoms with van der Waals surface area (Å²) in [4.78, 5) is 12.0. The first-order valence-electron chi connectivity index (χ1n) is 11.5. The smallest absolute Gasteiger partial charge is 0.201 e. The topological polar surface area (TPSA) is 75.6 Å². The number of aliphatic hydroxyl groups excluding tert-OH is 1. The fourth-order valence-electron chi connectivity index (χ4n) is 6.26. The van der Waals surface area contributed by atoms with Crippen LogP contribution >= 0.6 is 0 Å². The molecular formula is C24H34O7. The summed E-state index contributed by atoms with van der Waals surface area (Å²) < 4.78 is 24.5. The summed E-state index contributed by atoms with van der Waals surface area (Å²) in [6, 6.07) is 5.68. The molecule has 3 unspecified atom stereocenters. The number of hydrogen-bond donors (Lipinski definition) is 1. The van der Waals surface area contributed by atoms with Gasteiger partial charge in [0.2, 0.25) is 5.79 Å². The van der Waals surface area contributed by atoms with Gasteiger partial charge >= 0.3 is 0 Å². The van der Waals surface area contributed by atoms with Gasteiger partial charge in [-0.25, -0.2) is 9.78 Å². The van der Waals surface area contributed by atoms with E-state index in [0.717, 1.165) is 36.8 Å². The van der Waals surface area contributed by atoms with Crippen molar-refractivity contribution in [3.63, 3.8) is 0 Å². The van der Waals surface area contributed by atoms with Gasteiger partial charge < -0.3 is 24.1 Å². The molecule has 1 aromatic carbocycles. The van der Waals surface area contributed by atoms with Crippen LogP contribution in [0.2, 0.25) is 0 Å². The third-order valence-electron chi connectivity index (χ3n) is 7.96. The summed E-state index contributed by atoms with van der Waals surface area (Å²) in [5.41, 5.74) is 1.15. The van der Waals surface area contributed by atoms with Crippen molar-refractivity contribution in [1.29, 1.82) is 0 Å². The van der Waals surface area contributed by atoms with Crippen molar-refractivity contribution >= 4 is 0 Å². The van der Waals surface area contributed by atoms with E-state index in [4.69, 9.17) is 28.7 Å². The van der Waals surface area contributed by atoms with Crippen LogP contribution in [0.3, 0.4) is 0 Å². The van der Waals surface area contributed by atoms with Crippen LogP contribution in [-0.2, 0) is 37.2 Å². The maximum Gasteiger partial charge on any atom is 0.201 e. The van der Waals surface area contributed by atoms with Crippen LogP contribution in [0.4, 0.5) is 0 Å². The summed E-state index contributed by atoms with van der Waals surface area (Å²) >= 11 is 0. The van der Waals surface area contributed by atoms with Gasteiger partial charge in [0.1, 0.15) is 5.75 Å². The molecule has 31 heavy (non-hydrogen) atoms. The van der Waals surface area contributed by atoms with Crippen LogP contribution in [0.5, 0.6) is 5.75 Å². The lowest BCUT2D eigenvalue weighted by atomic mass is 9.58. The third kappa shape index (κ3) is 3.50. The van der Waals surface area contributed by atoms with Crippen molar-refractivity contribution < 1.29 is 33.8 Å². The molecule has 0 radical (unpaired) electrons. The standard InChI is InChI=1S/C24H34O7/c1-14-5-6-20-15(2)21(27-13-17-9-16(12-25)10-18(11-17)26-4)28-22-24(20)19(14)7-8-23(3,29-22)30-31-24/h9-11,14-15,19-22,25H,5-8,12-13H2,1-4H3/t14-,15-,19?,20?,21+,22-,23?,24-/m1/s1. The molecule has 7 nitrogen and oxygen atoms in total. The highest BCUT2D eigenvalue weighted by Gasteiger charge is 2.69. The van der Waals surface area contributed by atoms with Crippen molar-refractivity contribution in [2.24, 2.45) is 23.7 Å². The Labute approximate surface area is 183 Å². The van der Waals surface area contributed by atoms with Gasteiger partial charge in [-0.05, 0) is 61.3 Å². The van der Waals surface area contributed by atoms with E-state index < -0.39 is 24.0 Å². The minimum Gasteiger partial charge on any atom is -0.497 e. The molecule has 8 atom stereocenters.